The average molecular weight is 202 g/mol. The highest BCUT2D eigenvalue weighted by atomic mass is 35.5. The van der Waals surface area contributed by atoms with Crippen molar-refractivity contribution >= 4 is 30.8 Å². The highest BCUT2D eigenvalue weighted by Crippen LogP contribution is 1.43. The van der Waals surface area contributed by atoms with E-state index in [0.29, 0.717) is 0 Å². The van der Waals surface area contributed by atoms with Gasteiger partial charge in [-0.15, -0.1) is 24.8 Å². The van der Waals surface area contributed by atoms with Gasteiger partial charge < -0.3 is 27.3 Å². The summed E-state index contributed by atoms with van der Waals surface area (Å²) in [5.74, 6) is -0.968. The second-order valence-electron chi connectivity index (χ2n) is 0.598. The Kier molecular flexibility index (Phi) is 189. The molecule has 0 saturated carbocycles. The van der Waals surface area contributed by atoms with Crippen LogP contribution in [0, 0.1) is 0 Å². The minimum atomic E-state index is -0.968. The number of halogens is 2. The number of carboxylic acids is 1. The molecule has 0 aliphatic heterocycles. The summed E-state index contributed by atoms with van der Waals surface area (Å²) in [5.41, 5.74) is 4.57. The molecule has 0 radical (unpaired) electrons. The van der Waals surface area contributed by atoms with E-state index in [-0.39, 0.29) is 47.8 Å². The Balaban J connectivity index is -0.00000000800. The molecule has 8 heteroatoms. The Morgan fingerprint density at radius 2 is 1.30 bits per heavy atom. The van der Waals surface area contributed by atoms with Crippen LogP contribution in [-0.2, 0) is 4.79 Å². The van der Waals surface area contributed by atoms with Crippen LogP contribution in [0.25, 0.3) is 0 Å². The van der Waals surface area contributed by atoms with Crippen molar-refractivity contribution in [2.45, 2.75) is 0 Å². The lowest BCUT2D eigenvalue weighted by Crippen LogP contribution is -2.10. The first kappa shape index (κ1) is 51.7. The van der Waals surface area contributed by atoms with Crippen LogP contribution < -0.4 is 5.73 Å². The Hall–Kier alpha value is -0.110. The maximum absolute atomic E-state index is 9.24. The van der Waals surface area contributed by atoms with Crippen LogP contribution in [0.3, 0.4) is 0 Å². The molecule has 0 aliphatic carbocycles. The number of hydrogen-bond acceptors (Lipinski definition) is 2. The van der Waals surface area contributed by atoms with Crippen molar-refractivity contribution in [1.82, 2.24) is 0 Å². The largest absolute Gasteiger partial charge is 0.480 e. The first-order valence-electron chi connectivity index (χ1n) is 1.19. The topological polar surface area (TPSA) is 158 Å². The lowest BCUT2D eigenvalue weighted by Gasteiger charge is -1.73. The molecule has 0 unspecified atom stereocenters. The molecule has 0 rings (SSSR count). The molecule has 0 aliphatic rings. The first-order chi connectivity index (χ1) is 2.27. The lowest BCUT2D eigenvalue weighted by atomic mass is 10.7. The third-order valence-corrected chi connectivity index (χ3v) is 0.175. The number of rotatable bonds is 1. The fourth-order valence-corrected chi connectivity index (χ4v) is 0. The zero-order chi connectivity index (χ0) is 4.28. The van der Waals surface area contributed by atoms with Crippen molar-refractivity contribution in [3.05, 3.63) is 0 Å². The summed E-state index contributed by atoms with van der Waals surface area (Å²) in [6.45, 7) is -0.278. The molecule has 0 heterocycles. The Labute approximate surface area is 70.1 Å². The van der Waals surface area contributed by atoms with Crippen LogP contribution in [0.1, 0.15) is 0 Å². The summed E-state index contributed by atoms with van der Waals surface area (Å²) in [6, 6.07) is 0. The van der Waals surface area contributed by atoms with E-state index in [9.17, 15) is 4.79 Å². The van der Waals surface area contributed by atoms with Gasteiger partial charge in [0.2, 0.25) is 0 Å². The van der Waals surface area contributed by atoms with Gasteiger partial charge in [0.05, 0.1) is 6.54 Å². The molecule has 0 atom stereocenters. The maximum Gasteiger partial charge on any atom is 0.317 e. The van der Waals surface area contributed by atoms with Crippen LogP contribution in [0.15, 0.2) is 0 Å². The van der Waals surface area contributed by atoms with Crippen molar-refractivity contribution in [3.63, 3.8) is 0 Å². The van der Waals surface area contributed by atoms with Gasteiger partial charge in [0.15, 0.2) is 0 Å². The van der Waals surface area contributed by atoms with Gasteiger partial charge in [0.25, 0.3) is 0 Å². The van der Waals surface area contributed by atoms with Gasteiger partial charge in [-0.25, -0.2) is 0 Å². The van der Waals surface area contributed by atoms with Crippen LogP contribution in [0.4, 0.5) is 0 Å². The fraction of sp³-hybridized carbons (Fsp3) is 0.500. The second-order valence-corrected chi connectivity index (χ2v) is 0.598. The van der Waals surface area contributed by atoms with Crippen LogP contribution >= 0.6 is 24.8 Å². The summed E-state index contributed by atoms with van der Waals surface area (Å²) in [4.78, 5) is 9.24. The van der Waals surface area contributed by atoms with Crippen LogP contribution in [0.2, 0.25) is 0 Å². The van der Waals surface area contributed by atoms with Gasteiger partial charge in [0, 0.05) is 0 Å². The quantitative estimate of drug-likeness (QED) is 0.478. The Morgan fingerprint density at radius 3 is 1.30 bits per heavy atom. The van der Waals surface area contributed by atoms with Gasteiger partial charge in [0.1, 0.15) is 0 Å². The van der Waals surface area contributed by atoms with Gasteiger partial charge in [-0.1, -0.05) is 0 Å². The van der Waals surface area contributed by atoms with E-state index in [0.717, 1.165) is 0 Å². The average Bonchev–Trinajstić information content (AvgIpc) is 1.38. The zero-order valence-corrected chi connectivity index (χ0v) is 6.59. The van der Waals surface area contributed by atoms with E-state index < -0.39 is 5.97 Å². The highest BCUT2D eigenvalue weighted by molar-refractivity contribution is 5.85. The summed E-state index contributed by atoms with van der Waals surface area (Å²) in [5, 5.41) is 7.60. The number of hydrogen-bond donors (Lipinski definition) is 2. The summed E-state index contributed by atoms with van der Waals surface area (Å²) in [7, 11) is 0. The van der Waals surface area contributed by atoms with E-state index in [2.05, 4.69) is 5.73 Å². The molecule has 9 N–H and O–H groups in total. The standard InChI is InChI=1S/C2H5NO2.2ClH.3H2O/c3-1-2(4)5;;;;;/h1,3H2,(H,4,5);2*1H;3*1H2. The van der Waals surface area contributed by atoms with Crippen LogP contribution in [0.5, 0.6) is 0 Å². The molecule has 0 amide bonds. The van der Waals surface area contributed by atoms with E-state index in [4.69, 9.17) is 5.11 Å². The Bertz CT molecular complexity index is 52.9. The maximum atomic E-state index is 9.24. The molecule has 0 aromatic heterocycles. The SMILES string of the molecule is Cl.Cl.NCC(=O)O.O.O.O. The van der Waals surface area contributed by atoms with Crippen molar-refractivity contribution in [2.75, 3.05) is 6.54 Å². The predicted molar refractivity (Wildman–Crippen MR) is 42.0 cm³/mol. The first-order valence-corrected chi connectivity index (χ1v) is 1.19. The lowest BCUT2D eigenvalue weighted by molar-refractivity contribution is -0.135. The smallest absolute Gasteiger partial charge is 0.317 e. The highest BCUT2D eigenvalue weighted by Gasteiger charge is 1.81. The van der Waals surface area contributed by atoms with Gasteiger partial charge in [-0.2, -0.15) is 0 Å². The predicted octanol–water partition coefficient (Wildman–Crippen LogP) is -2.60. The number of carbonyl (C=O) groups is 1. The molecule has 6 nitrogen and oxygen atoms in total. The Morgan fingerprint density at radius 1 is 1.20 bits per heavy atom. The van der Waals surface area contributed by atoms with E-state index in [1.807, 2.05) is 0 Å². The van der Waals surface area contributed by atoms with Crippen LogP contribution in [-0.4, -0.2) is 34.0 Å². The van der Waals surface area contributed by atoms with Crippen molar-refractivity contribution < 1.29 is 26.3 Å². The molecule has 0 fully saturated rings. The number of aliphatic carboxylic acids is 1. The molecule has 0 saturated heterocycles. The van der Waals surface area contributed by atoms with Gasteiger partial charge >= 0.3 is 5.97 Å². The molecule has 70 valence electrons. The van der Waals surface area contributed by atoms with E-state index >= 15 is 0 Å². The van der Waals surface area contributed by atoms with E-state index in [1.165, 1.54) is 0 Å². The molecule has 0 spiro atoms. The zero-order valence-electron chi connectivity index (χ0n) is 4.96. The molecule has 0 aromatic rings. The van der Waals surface area contributed by atoms with Gasteiger partial charge in [-0.3, -0.25) is 4.79 Å². The van der Waals surface area contributed by atoms with E-state index in [1.54, 1.807) is 0 Å². The fourth-order valence-electron chi connectivity index (χ4n) is 0. The molecule has 0 aromatic carbocycles. The molecule has 10 heavy (non-hydrogen) atoms. The second kappa shape index (κ2) is 36.6. The molecular formula is C2H13Cl2NO5. The van der Waals surface area contributed by atoms with Gasteiger partial charge in [-0.05, 0) is 0 Å². The number of nitrogens with two attached hydrogens (primary N) is 1. The third-order valence-electron chi connectivity index (χ3n) is 0.175. The molecular weight excluding hydrogens is 189 g/mol. The third kappa shape index (κ3) is 105. The summed E-state index contributed by atoms with van der Waals surface area (Å²) < 4.78 is 0. The monoisotopic (exact) mass is 201 g/mol. The van der Waals surface area contributed by atoms with Crippen molar-refractivity contribution in [3.8, 4) is 0 Å². The minimum Gasteiger partial charge on any atom is -0.480 e. The summed E-state index contributed by atoms with van der Waals surface area (Å²) in [6.07, 6.45) is 0. The number of carboxylic acid groups (broad SMARTS) is 1. The summed E-state index contributed by atoms with van der Waals surface area (Å²) >= 11 is 0. The van der Waals surface area contributed by atoms with Crippen molar-refractivity contribution in [2.24, 2.45) is 5.73 Å². The normalized spacial score (nSPS) is 3.70. The minimum absolute atomic E-state index is 0. The van der Waals surface area contributed by atoms with Crippen molar-refractivity contribution in [1.29, 1.82) is 0 Å². The molecule has 0 bridgehead atoms.